The SMILES string of the molecule is Cc1ccc(Nc2cc(Cl)c(F)cc2N)cc1C(F)(F)F. The van der Waals surface area contributed by atoms with Crippen LogP contribution in [0.5, 0.6) is 0 Å². The van der Waals surface area contributed by atoms with Crippen molar-refractivity contribution in [3.63, 3.8) is 0 Å². The van der Waals surface area contributed by atoms with E-state index in [0.29, 0.717) is 0 Å². The number of halogens is 5. The molecular formula is C14H11ClF4N2. The molecule has 0 bridgehead atoms. The number of hydrogen-bond donors (Lipinski definition) is 2. The molecule has 21 heavy (non-hydrogen) atoms. The molecule has 0 radical (unpaired) electrons. The summed E-state index contributed by atoms with van der Waals surface area (Å²) in [5.41, 5.74) is 5.43. The number of anilines is 3. The maximum atomic E-state index is 13.2. The lowest BCUT2D eigenvalue weighted by Crippen LogP contribution is -2.08. The third-order valence-electron chi connectivity index (χ3n) is 2.91. The molecule has 0 aromatic heterocycles. The molecule has 3 N–H and O–H groups in total. The van der Waals surface area contributed by atoms with E-state index in [9.17, 15) is 17.6 Å². The number of nitrogen functional groups attached to an aromatic ring is 1. The Morgan fingerprint density at radius 2 is 1.81 bits per heavy atom. The van der Waals surface area contributed by atoms with Gasteiger partial charge in [0.05, 0.1) is 22.0 Å². The number of rotatable bonds is 2. The first-order valence-electron chi connectivity index (χ1n) is 5.88. The molecule has 0 aliphatic carbocycles. The first-order chi connectivity index (χ1) is 9.68. The molecule has 0 spiro atoms. The average molecular weight is 319 g/mol. The zero-order valence-electron chi connectivity index (χ0n) is 10.9. The first kappa shape index (κ1) is 15.4. The van der Waals surface area contributed by atoms with E-state index in [1.807, 2.05) is 0 Å². The fraction of sp³-hybridized carbons (Fsp3) is 0.143. The summed E-state index contributed by atoms with van der Waals surface area (Å²) < 4.78 is 51.7. The Kier molecular flexibility index (Phi) is 4.00. The minimum atomic E-state index is -4.45. The van der Waals surface area contributed by atoms with Crippen LogP contribution in [-0.2, 0) is 6.18 Å². The van der Waals surface area contributed by atoms with Gasteiger partial charge in [-0.2, -0.15) is 13.2 Å². The van der Waals surface area contributed by atoms with Gasteiger partial charge in [0, 0.05) is 11.8 Å². The highest BCUT2D eigenvalue weighted by Crippen LogP contribution is 2.35. The fourth-order valence-corrected chi connectivity index (χ4v) is 1.99. The Morgan fingerprint density at radius 1 is 1.14 bits per heavy atom. The van der Waals surface area contributed by atoms with Crippen LogP contribution in [0.25, 0.3) is 0 Å². The number of benzene rings is 2. The zero-order valence-corrected chi connectivity index (χ0v) is 11.6. The number of hydrogen-bond acceptors (Lipinski definition) is 2. The molecule has 0 fully saturated rings. The van der Waals surface area contributed by atoms with E-state index in [4.69, 9.17) is 17.3 Å². The summed E-state index contributed by atoms with van der Waals surface area (Å²) in [6, 6.07) is 6.00. The number of nitrogens with one attached hydrogen (secondary N) is 1. The van der Waals surface area contributed by atoms with Crippen molar-refractivity contribution in [3.8, 4) is 0 Å². The van der Waals surface area contributed by atoms with Gasteiger partial charge in [-0.15, -0.1) is 0 Å². The van der Waals surface area contributed by atoms with Crippen molar-refractivity contribution in [2.75, 3.05) is 11.1 Å². The second kappa shape index (κ2) is 5.44. The van der Waals surface area contributed by atoms with Crippen LogP contribution < -0.4 is 11.1 Å². The van der Waals surface area contributed by atoms with Gasteiger partial charge in [-0.05, 0) is 30.7 Å². The van der Waals surface area contributed by atoms with E-state index < -0.39 is 17.6 Å². The van der Waals surface area contributed by atoms with Crippen molar-refractivity contribution < 1.29 is 17.6 Å². The average Bonchev–Trinajstić information content (AvgIpc) is 2.37. The molecule has 0 heterocycles. The quantitative estimate of drug-likeness (QED) is 0.595. The molecule has 0 aliphatic rings. The van der Waals surface area contributed by atoms with Gasteiger partial charge in [0.25, 0.3) is 0 Å². The van der Waals surface area contributed by atoms with Crippen LogP contribution in [0.1, 0.15) is 11.1 Å². The van der Waals surface area contributed by atoms with Crippen LogP contribution in [-0.4, -0.2) is 0 Å². The van der Waals surface area contributed by atoms with Crippen molar-refractivity contribution in [2.24, 2.45) is 0 Å². The van der Waals surface area contributed by atoms with E-state index in [2.05, 4.69) is 5.32 Å². The van der Waals surface area contributed by atoms with Crippen LogP contribution in [0.2, 0.25) is 5.02 Å². The predicted molar refractivity (Wildman–Crippen MR) is 75.3 cm³/mol. The van der Waals surface area contributed by atoms with Crippen molar-refractivity contribution in [1.82, 2.24) is 0 Å². The molecule has 2 aromatic carbocycles. The largest absolute Gasteiger partial charge is 0.416 e. The monoisotopic (exact) mass is 318 g/mol. The molecule has 0 aliphatic heterocycles. The van der Waals surface area contributed by atoms with Crippen molar-refractivity contribution in [1.29, 1.82) is 0 Å². The topological polar surface area (TPSA) is 38.0 Å². The van der Waals surface area contributed by atoms with Gasteiger partial charge in [-0.25, -0.2) is 4.39 Å². The lowest BCUT2D eigenvalue weighted by atomic mass is 10.1. The molecule has 2 aromatic rings. The summed E-state index contributed by atoms with van der Waals surface area (Å²) in [6.45, 7) is 1.37. The second-order valence-electron chi connectivity index (χ2n) is 4.51. The third kappa shape index (κ3) is 3.39. The normalized spacial score (nSPS) is 11.5. The van der Waals surface area contributed by atoms with E-state index in [-0.39, 0.29) is 27.6 Å². The summed E-state index contributed by atoms with van der Waals surface area (Å²) in [4.78, 5) is 0. The van der Waals surface area contributed by atoms with Crippen molar-refractivity contribution in [2.45, 2.75) is 13.1 Å². The highest BCUT2D eigenvalue weighted by Gasteiger charge is 2.32. The predicted octanol–water partition coefficient (Wildman–Crippen LogP) is 5.13. The third-order valence-corrected chi connectivity index (χ3v) is 3.20. The van der Waals surface area contributed by atoms with E-state index in [0.717, 1.165) is 12.1 Å². The molecule has 0 saturated carbocycles. The first-order valence-corrected chi connectivity index (χ1v) is 6.25. The van der Waals surface area contributed by atoms with Crippen LogP contribution in [0.3, 0.4) is 0 Å². The molecule has 0 amide bonds. The fourth-order valence-electron chi connectivity index (χ4n) is 1.83. The van der Waals surface area contributed by atoms with Gasteiger partial charge < -0.3 is 11.1 Å². The van der Waals surface area contributed by atoms with E-state index >= 15 is 0 Å². The van der Waals surface area contributed by atoms with Gasteiger partial charge in [0.1, 0.15) is 5.82 Å². The maximum Gasteiger partial charge on any atom is 0.416 e. The van der Waals surface area contributed by atoms with Gasteiger partial charge in [-0.3, -0.25) is 0 Å². The molecule has 2 rings (SSSR count). The highest BCUT2D eigenvalue weighted by atomic mass is 35.5. The number of alkyl halides is 3. The molecule has 0 unspecified atom stereocenters. The lowest BCUT2D eigenvalue weighted by Gasteiger charge is -2.14. The molecule has 0 atom stereocenters. The van der Waals surface area contributed by atoms with Gasteiger partial charge in [-0.1, -0.05) is 17.7 Å². The summed E-state index contributed by atoms with van der Waals surface area (Å²) in [5.74, 6) is -0.695. The Morgan fingerprint density at radius 3 is 2.43 bits per heavy atom. The number of nitrogens with two attached hydrogens (primary N) is 1. The van der Waals surface area contributed by atoms with Crippen LogP contribution in [0.4, 0.5) is 34.6 Å². The smallest absolute Gasteiger partial charge is 0.397 e. The second-order valence-corrected chi connectivity index (χ2v) is 4.91. The van der Waals surface area contributed by atoms with E-state index in [1.165, 1.54) is 25.1 Å². The Hall–Kier alpha value is -1.95. The minimum Gasteiger partial charge on any atom is -0.397 e. The number of aryl methyl sites for hydroxylation is 1. The van der Waals surface area contributed by atoms with Crippen molar-refractivity contribution >= 4 is 28.7 Å². The van der Waals surface area contributed by atoms with Crippen LogP contribution in [0.15, 0.2) is 30.3 Å². The Balaban J connectivity index is 2.39. The zero-order chi connectivity index (χ0) is 15.8. The van der Waals surface area contributed by atoms with Crippen LogP contribution >= 0.6 is 11.6 Å². The Bertz CT molecular complexity index is 683. The molecule has 0 saturated heterocycles. The van der Waals surface area contributed by atoms with Gasteiger partial charge in [0.15, 0.2) is 0 Å². The van der Waals surface area contributed by atoms with Gasteiger partial charge >= 0.3 is 6.18 Å². The van der Waals surface area contributed by atoms with Gasteiger partial charge in [0.2, 0.25) is 0 Å². The molecule has 2 nitrogen and oxygen atoms in total. The summed E-state index contributed by atoms with van der Waals surface area (Å²) in [6.07, 6.45) is -4.45. The Labute approximate surface area is 123 Å². The molecule has 7 heteroatoms. The summed E-state index contributed by atoms with van der Waals surface area (Å²) in [5, 5.41) is 2.53. The summed E-state index contributed by atoms with van der Waals surface area (Å²) in [7, 11) is 0. The molecule has 112 valence electrons. The van der Waals surface area contributed by atoms with Crippen molar-refractivity contribution in [3.05, 3.63) is 52.3 Å². The van der Waals surface area contributed by atoms with Crippen LogP contribution in [0, 0.1) is 12.7 Å². The van der Waals surface area contributed by atoms with E-state index in [1.54, 1.807) is 0 Å². The molecular weight excluding hydrogens is 308 g/mol. The maximum absolute atomic E-state index is 13.2. The lowest BCUT2D eigenvalue weighted by molar-refractivity contribution is -0.138. The highest BCUT2D eigenvalue weighted by molar-refractivity contribution is 6.31. The minimum absolute atomic E-state index is 0.0473. The summed E-state index contributed by atoms with van der Waals surface area (Å²) >= 11 is 5.63. The standard InChI is InChI=1S/C14H11ClF4N2/c1-7-2-3-8(4-9(7)14(17,18)19)21-13-5-10(15)11(16)6-12(13)20/h2-6,21H,20H2,1H3.